The Labute approximate surface area is 147 Å². The molecule has 3 nitrogen and oxygen atoms in total. The monoisotopic (exact) mass is 341 g/mol. The molecule has 1 atom stereocenters. The fraction of sp³-hybridized carbons (Fsp3) is 0.350. The van der Waals surface area contributed by atoms with Gasteiger partial charge in [0.25, 0.3) is 0 Å². The second kappa shape index (κ2) is 6.23. The summed E-state index contributed by atoms with van der Waals surface area (Å²) in [5, 5.41) is 0.690. The number of rotatable bonds is 3. The van der Waals surface area contributed by atoms with E-state index >= 15 is 0 Å². The van der Waals surface area contributed by atoms with Gasteiger partial charge in [0.05, 0.1) is 18.6 Å². The molecule has 1 saturated carbocycles. The first-order valence-electron chi connectivity index (χ1n) is 8.41. The number of halogens is 1. The van der Waals surface area contributed by atoms with Gasteiger partial charge in [0.1, 0.15) is 6.10 Å². The molecular weight excluding hydrogens is 322 g/mol. The number of morpholine rings is 1. The summed E-state index contributed by atoms with van der Waals surface area (Å²) in [5.74, 6) is 0.217. The van der Waals surface area contributed by atoms with Crippen molar-refractivity contribution in [2.45, 2.75) is 24.4 Å². The molecular formula is C20H20ClNO2. The highest BCUT2D eigenvalue weighted by molar-refractivity contribution is 6.30. The van der Waals surface area contributed by atoms with Crippen molar-refractivity contribution in [2.75, 3.05) is 19.7 Å². The molecule has 2 aromatic carbocycles. The van der Waals surface area contributed by atoms with E-state index in [-0.39, 0.29) is 17.4 Å². The van der Waals surface area contributed by atoms with Crippen LogP contribution in [0.3, 0.4) is 0 Å². The van der Waals surface area contributed by atoms with Crippen LogP contribution in [0.1, 0.15) is 30.1 Å². The van der Waals surface area contributed by atoms with E-state index in [2.05, 4.69) is 12.1 Å². The van der Waals surface area contributed by atoms with Gasteiger partial charge < -0.3 is 9.64 Å². The topological polar surface area (TPSA) is 29.5 Å². The normalized spacial score (nSPS) is 22.2. The molecule has 24 heavy (non-hydrogen) atoms. The highest BCUT2D eigenvalue weighted by Crippen LogP contribution is 2.50. The predicted molar refractivity (Wildman–Crippen MR) is 94.1 cm³/mol. The molecule has 1 saturated heterocycles. The molecule has 124 valence electrons. The first-order chi connectivity index (χ1) is 11.7. The second-order valence-electron chi connectivity index (χ2n) is 6.61. The van der Waals surface area contributed by atoms with E-state index in [0.717, 1.165) is 24.0 Å². The van der Waals surface area contributed by atoms with Crippen LogP contribution < -0.4 is 0 Å². The molecule has 1 aliphatic carbocycles. The maximum atomic E-state index is 13.2. The minimum atomic E-state index is -0.372. The molecule has 1 heterocycles. The summed E-state index contributed by atoms with van der Waals surface area (Å²) in [6.45, 7) is 1.85. The predicted octanol–water partition coefficient (Wildman–Crippen LogP) is 3.97. The van der Waals surface area contributed by atoms with Crippen LogP contribution in [0.4, 0.5) is 0 Å². The standard InChI is InChI=1S/C20H20ClNO2/c21-17-8-4-7-16(13-17)20(9-10-20)19(23)22-11-12-24-18(14-22)15-5-2-1-3-6-15/h1-8,13,18H,9-12,14H2/t18-/m0/s1. The number of ether oxygens (including phenoxy) is 1. The van der Waals surface area contributed by atoms with Crippen LogP contribution in [-0.4, -0.2) is 30.5 Å². The molecule has 0 N–H and O–H groups in total. The molecule has 0 radical (unpaired) electrons. The number of amides is 1. The number of benzene rings is 2. The van der Waals surface area contributed by atoms with Gasteiger partial charge in [0, 0.05) is 11.6 Å². The van der Waals surface area contributed by atoms with E-state index in [0.29, 0.717) is 24.7 Å². The van der Waals surface area contributed by atoms with Crippen LogP contribution in [0, 0.1) is 0 Å². The van der Waals surface area contributed by atoms with Gasteiger partial charge in [0.2, 0.25) is 5.91 Å². The average molecular weight is 342 g/mol. The molecule has 1 amide bonds. The van der Waals surface area contributed by atoms with Gasteiger partial charge in [0.15, 0.2) is 0 Å². The number of carbonyl (C=O) groups is 1. The molecule has 0 unspecified atom stereocenters. The molecule has 2 aromatic rings. The SMILES string of the molecule is O=C(N1CCO[C@H](c2ccccc2)C1)C1(c2cccc(Cl)c2)CC1. The lowest BCUT2D eigenvalue weighted by Gasteiger charge is -2.35. The quantitative estimate of drug-likeness (QED) is 0.845. The van der Waals surface area contributed by atoms with Crippen molar-refractivity contribution in [1.82, 2.24) is 4.90 Å². The summed E-state index contributed by atoms with van der Waals surface area (Å²) >= 11 is 6.13. The summed E-state index contributed by atoms with van der Waals surface area (Å²) in [4.78, 5) is 15.2. The summed E-state index contributed by atoms with van der Waals surface area (Å²) in [6.07, 6.45) is 1.76. The fourth-order valence-electron chi connectivity index (χ4n) is 3.54. The summed E-state index contributed by atoms with van der Waals surface area (Å²) < 4.78 is 5.89. The Morgan fingerprint density at radius 3 is 2.62 bits per heavy atom. The Bertz CT molecular complexity index is 742. The van der Waals surface area contributed by atoms with Crippen molar-refractivity contribution < 1.29 is 9.53 Å². The number of hydrogen-bond acceptors (Lipinski definition) is 2. The van der Waals surface area contributed by atoms with Gasteiger partial charge >= 0.3 is 0 Å². The summed E-state index contributed by atoms with van der Waals surface area (Å²) in [5.41, 5.74) is 1.80. The Balaban J connectivity index is 1.54. The van der Waals surface area contributed by atoms with Gasteiger partial charge in [-0.05, 0) is 36.1 Å². The van der Waals surface area contributed by atoms with E-state index in [1.54, 1.807) is 0 Å². The molecule has 0 aromatic heterocycles. The van der Waals surface area contributed by atoms with E-state index < -0.39 is 0 Å². The molecule has 0 bridgehead atoms. The first-order valence-corrected chi connectivity index (χ1v) is 8.79. The van der Waals surface area contributed by atoms with Gasteiger partial charge in [-0.1, -0.05) is 54.1 Å². The van der Waals surface area contributed by atoms with Crippen LogP contribution >= 0.6 is 11.6 Å². The van der Waals surface area contributed by atoms with Crippen molar-refractivity contribution in [1.29, 1.82) is 0 Å². The zero-order valence-corrected chi connectivity index (χ0v) is 14.2. The minimum Gasteiger partial charge on any atom is -0.370 e. The molecule has 1 aliphatic heterocycles. The number of carbonyl (C=O) groups excluding carboxylic acids is 1. The average Bonchev–Trinajstić information content (AvgIpc) is 3.44. The molecule has 4 heteroatoms. The van der Waals surface area contributed by atoms with Crippen molar-refractivity contribution in [2.24, 2.45) is 0 Å². The van der Waals surface area contributed by atoms with Crippen molar-refractivity contribution in [3.8, 4) is 0 Å². The summed E-state index contributed by atoms with van der Waals surface area (Å²) in [6, 6.07) is 17.9. The van der Waals surface area contributed by atoms with Crippen LogP contribution in [0.5, 0.6) is 0 Å². The smallest absolute Gasteiger partial charge is 0.233 e. The van der Waals surface area contributed by atoms with Crippen molar-refractivity contribution in [3.05, 3.63) is 70.7 Å². The Morgan fingerprint density at radius 1 is 1.12 bits per heavy atom. The van der Waals surface area contributed by atoms with Crippen LogP contribution in [0.25, 0.3) is 0 Å². The largest absolute Gasteiger partial charge is 0.370 e. The van der Waals surface area contributed by atoms with E-state index in [1.807, 2.05) is 47.4 Å². The number of nitrogens with zero attached hydrogens (tertiary/aromatic N) is 1. The molecule has 4 rings (SSSR count). The Kier molecular flexibility index (Phi) is 4.07. The number of hydrogen-bond donors (Lipinski definition) is 0. The third kappa shape index (κ3) is 2.83. The second-order valence-corrected chi connectivity index (χ2v) is 7.05. The van der Waals surface area contributed by atoms with Crippen LogP contribution in [0.15, 0.2) is 54.6 Å². The first kappa shape index (κ1) is 15.7. The fourth-order valence-corrected chi connectivity index (χ4v) is 3.73. The summed E-state index contributed by atoms with van der Waals surface area (Å²) in [7, 11) is 0. The Hall–Kier alpha value is -1.84. The zero-order chi connectivity index (χ0) is 16.6. The van der Waals surface area contributed by atoms with Crippen LogP contribution in [-0.2, 0) is 14.9 Å². The lowest BCUT2D eigenvalue weighted by atomic mass is 9.93. The molecule has 2 aliphatic rings. The van der Waals surface area contributed by atoms with Crippen molar-refractivity contribution in [3.63, 3.8) is 0 Å². The van der Waals surface area contributed by atoms with Gasteiger partial charge in [-0.15, -0.1) is 0 Å². The molecule has 0 spiro atoms. The molecule has 2 fully saturated rings. The van der Waals surface area contributed by atoms with Gasteiger partial charge in [-0.2, -0.15) is 0 Å². The van der Waals surface area contributed by atoms with E-state index in [4.69, 9.17) is 16.3 Å². The van der Waals surface area contributed by atoms with Crippen molar-refractivity contribution >= 4 is 17.5 Å². The zero-order valence-electron chi connectivity index (χ0n) is 13.5. The Morgan fingerprint density at radius 2 is 1.92 bits per heavy atom. The maximum Gasteiger partial charge on any atom is 0.233 e. The van der Waals surface area contributed by atoms with E-state index in [1.165, 1.54) is 0 Å². The van der Waals surface area contributed by atoms with Gasteiger partial charge in [-0.25, -0.2) is 0 Å². The highest BCUT2D eigenvalue weighted by atomic mass is 35.5. The highest BCUT2D eigenvalue weighted by Gasteiger charge is 2.53. The van der Waals surface area contributed by atoms with Crippen LogP contribution in [0.2, 0.25) is 5.02 Å². The third-order valence-corrected chi connectivity index (χ3v) is 5.30. The third-order valence-electron chi connectivity index (χ3n) is 5.06. The lowest BCUT2D eigenvalue weighted by molar-refractivity contribution is -0.141. The van der Waals surface area contributed by atoms with E-state index in [9.17, 15) is 4.79 Å². The van der Waals surface area contributed by atoms with Gasteiger partial charge in [-0.3, -0.25) is 4.79 Å². The lowest BCUT2D eigenvalue weighted by Crippen LogP contribution is -2.46. The maximum absolute atomic E-state index is 13.2. The minimum absolute atomic E-state index is 0.0425.